The van der Waals surface area contributed by atoms with Crippen molar-refractivity contribution < 1.29 is 0 Å². The summed E-state index contributed by atoms with van der Waals surface area (Å²) in [6.45, 7) is 0. The van der Waals surface area contributed by atoms with E-state index in [2.05, 4.69) is 87.7 Å². The molecule has 6 heteroatoms. The third-order valence-electron chi connectivity index (χ3n) is 7.80. The van der Waals surface area contributed by atoms with Crippen molar-refractivity contribution >= 4 is 38.9 Å². The van der Waals surface area contributed by atoms with Crippen molar-refractivity contribution in [2.45, 2.75) is 0 Å². The van der Waals surface area contributed by atoms with Gasteiger partial charge >= 0.3 is 0 Å². The Labute approximate surface area is 260 Å². The molecule has 0 saturated heterocycles. The zero-order valence-electron chi connectivity index (χ0n) is 24.2. The van der Waals surface area contributed by atoms with Crippen molar-refractivity contribution in [3.8, 4) is 34.2 Å². The van der Waals surface area contributed by atoms with Crippen LogP contribution in [0.5, 0.6) is 0 Å². The largest absolute Gasteiger partial charge is 0.311 e. The lowest BCUT2D eigenvalue weighted by molar-refractivity contribution is 1.08. The molecule has 0 fully saturated rings. The van der Waals surface area contributed by atoms with E-state index in [9.17, 15) is 0 Å². The van der Waals surface area contributed by atoms with Gasteiger partial charge in [0, 0.05) is 56.9 Å². The molecular formula is C39H26N6. The van der Waals surface area contributed by atoms with Gasteiger partial charge in [0.05, 0.1) is 11.0 Å². The summed E-state index contributed by atoms with van der Waals surface area (Å²) in [6, 6.07) is 49.2. The van der Waals surface area contributed by atoms with Crippen molar-refractivity contribution in [1.29, 1.82) is 0 Å². The number of rotatable bonds is 6. The number of pyridine rings is 2. The molecule has 0 amide bonds. The number of anilines is 3. The molecule has 212 valence electrons. The maximum Gasteiger partial charge on any atom is 0.166 e. The fourth-order valence-electron chi connectivity index (χ4n) is 5.68. The second kappa shape index (κ2) is 11.4. The quantitative estimate of drug-likeness (QED) is 0.196. The monoisotopic (exact) mass is 578 g/mol. The topological polar surface area (TPSA) is 67.7 Å². The Balaban J connectivity index is 1.29. The maximum absolute atomic E-state index is 5.02. The molecule has 45 heavy (non-hydrogen) atoms. The molecule has 6 nitrogen and oxygen atoms in total. The smallest absolute Gasteiger partial charge is 0.166 e. The molecular weight excluding hydrogens is 552 g/mol. The Morgan fingerprint density at radius 2 is 0.800 bits per heavy atom. The molecule has 0 aliphatic heterocycles. The molecule has 0 radical (unpaired) electrons. The van der Waals surface area contributed by atoms with Gasteiger partial charge in [-0.05, 0) is 72.8 Å². The average Bonchev–Trinajstić information content (AvgIpc) is 3.12. The van der Waals surface area contributed by atoms with Crippen LogP contribution in [-0.4, -0.2) is 24.9 Å². The number of hydrogen-bond acceptors (Lipinski definition) is 6. The number of fused-ring (bicyclic) bond motifs is 2. The van der Waals surface area contributed by atoms with E-state index < -0.39 is 0 Å². The average molecular weight is 579 g/mol. The third-order valence-corrected chi connectivity index (χ3v) is 7.80. The summed E-state index contributed by atoms with van der Waals surface area (Å²) in [6.07, 6.45) is 3.60. The van der Waals surface area contributed by atoms with Gasteiger partial charge in [-0.2, -0.15) is 0 Å². The van der Waals surface area contributed by atoms with Crippen LogP contribution in [0.1, 0.15) is 0 Å². The molecule has 0 spiro atoms. The van der Waals surface area contributed by atoms with E-state index >= 15 is 0 Å². The van der Waals surface area contributed by atoms with Crippen LogP contribution in [0.25, 0.3) is 56.0 Å². The van der Waals surface area contributed by atoms with Gasteiger partial charge in [0.2, 0.25) is 0 Å². The lowest BCUT2D eigenvalue weighted by Gasteiger charge is -2.25. The highest BCUT2D eigenvalue weighted by Gasteiger charge is 2.18. The number of aromatic nitrogens is 5. The molecule has 0 N–H and O–H groups in total. The Morgan fingerprint density at radius 1 is 0.356 bits per heavy atom. The number of nitrogens with zero attached hydrogens (tertiary/aromatic N) is 6. The van der Waals surface area contributed by atoms with Crippen LogP contribution in [0.15, 0.2) is 158 Å². The minimum absolute atomic E-state index is 0.562. The molecule has 0 aliphatic rings. The van der Waals surface area contributed by atoms with Crippen LogP contribution < -0.4 is 4.90 Å². The van der Waals surface area contributed by atoms with Gasteiger partial charge in [0.15, 0.2) is 17.5 Å². The van der Waals surface area contributed by atoms with E-state index in [-0.39, 0.29) is 0 Å². The van der Waals surface area contributed by atoms with Gasteiger partial charge < -0.3 is 4.90 Å². The van der Waals surface area contributed by atoms with Crippen molar-refractivity contribution in [2.75, 3.05) is 4.90 Å². The summed E-state index contributed by atoms with van der Waals surface area (Å²) in [5.41, 5.74) is 7.45. The van der Waals surface area contributed by atoms with Crippen LogP contribution in [0.3, 0.4) is 0 Å². The highest BCUT2D eigenvalue weighted by Crippen LogP contribution is 2.36. The van der Waals surface area contributed by atoms with E-state index in [0.29, 0.717) is 17.5 Å². The number of hydrogen-bond donors (Lipinski definition) is 0. The lowest BCUT2D eigenvalue weighted by Crippen LogP contribution is -2.09. The Kier molecular flexibility index (Phi) is 6.70. The predicted octanol–water partition coefficient (Wildman–Crippen LogP) is 9.44. The zero-order chi connectivity index (χ0) is 30.0. The molecule has 3 heterocycles. The van der Waals surface area contributed by atoms with E-state index in [4.69, 9.17) is 15.0 Å². The normalized spacial score (nSPS) is 11.1. The summed E-state index contributed by atoms with van der Waals surface area (Å²) >= 11 is 0. The molecule has 8 rings (SSSR count). The molecule has 0 aliphatic carbocycles. The van der Waals surface area contributed by atoms with E-state index in [1.807, 2.05) is 72.8 Å². The molecule has 5 aromatic carbocycles. The van der Waals surface area contributed by atoms with Crippen molar-refractivity contribution in [3.63, 3.8) is 0 Å². The zero-order valence-corrected chi connectivity index (χ0v) is 24.2. The van der Waals surface area contributed by atoms with Crippen LogP contribution in [-0.2, 0) is 0 Å². The maximum atomic E-state index is 5.02. The van der Waals surface area contributed by atoms with Gasteiger partial charge in [-0.15, -0.1) is 0 Å². The fourth-order valence-corrected chi connectivity index (χ4v) is 5.68. The van der Waals surface area contributed by atoms with Gasteiger partial charge in [0.25, 0.3) is 0 Å². The third kappa shape index (κ3) is 5.04. The van der Waals surface area contributed by atoms with Crippen LogP contribution in [0, 0.1) is 0 Å². The standard InChI is InChI=1S/C39H26N6/c1-3-15-30(16-4-1)45(31-17-5-2-6-18-31)32-23-21-29(22-24-32)37-42-38(33-19-7-11-27-13-9-25-40-35(27)33)44-39(43-37)34-20-8-12-28-14-10-26-41-36(28)34/h1-26H. The number of benzene rings is 5. The van der Waals surface area contributed by atoms with Gasteiger partial charge in [-0.1, -0.05) is 72.8 Å². The first-order valence-corrected chi connectivity index (χ1v) is 14.8. The molecule has 3 aromatic heterocycles. The Bertz CT molecular complexity index is 2120. The second-order valence-corrected chi connectivity index (χ2v) is 10.6. The summed E-state index contributed by atoms with van der Waals surface area (Å²) in [5, 5.41) is 2.05. The van der Waals surface area contributed by atoms with Gasteiger partial charge in [-0.25, -0.2) is 15.0 Å². The fraction of sp³-hybridized carbons (Fsp3) is 0. The van der Waals surface area contributed by atoms with E-state index in [1.165, 1.54) is 0 Å². The van der Waals surface area contributed by atoms with Gasteiger partial charge in [0.1, 0.15) is 0 Å². The first-order chi connectivity index (χ1) is 22.3. The molecule has 8 aromatic rings. The van der Waals surface area contributed by atoms with Crippen LogP contribution >= 0.6 is 0 Å². The summed E-state index contributed by atoms with van der Waals surface area (Å²) in [5.74, 6) is 1.70. The van der Waals surface area contributed by atoms with E-state index in [1.54, 1.807) is 12.4 Å². The molecule has 0 saturated carbocycles. The molecule has 0 unspecified atom stereocenters. The van der Waals surface area contributed by atoms with Crippen molar-refractivity contribution in [1.82, 2.24) is 24.9 Å². The second-order valence-electron chi connectivity index (χ2n) is 10.6. The Hall–Kier alpha value is -6.27. The molecule has 0 atom stereocenters. The van der Waals surface area contributed by atoms with Gasteiger partial charge in [-0.3, -0.25) is 9.97 Å². The van der Waals surface area contributed by atoms with Crippen LogP contribution in [0.4, 0.5) is 17.1 Å². The first kappa shape index (κ1) is 26.4. The molecule has 0 bridgehead atoms. The Morgan fingerprint density at radius 3 is 1.31 bits per heavy atom. The predicted molar refractivity (Wildman–Crippen MR) is 181 cm³/mol. The minimum atomic E-state index is 0.562. The number of para-hydroxylation sites is 4. The van der Waals surface area contributed by atoms with Crippen LogP contribution in [0.2, 0.25) is 0 Å². The van der Waals surface area contributed by atoms with Crippen molar-refractivity contribution in [3.05, 3.63) is 158 Å². The summed E-state index contributed by atoms with van der Waals surface area (Å²) < 4.78 is 0. The highest BCUT2D eigenvalue weighted by molar-refractivity contribution is 5.94. The highest BCUT2D eigenvalue weighted by atomic mass is 15.1. The first-order valence-electron chi connectivity index (χ1n) is 14.8. The summed E-state index contributed by atoms with van der Waals surface area (Å²) in [7, 11) is 0. The SMILES string of the molecule is c1ccc(N(c2ccccc2)c2ccc(-c3nc(-c4cccc5cccnc45)nc(-c4cccc5cccnc45)n3)cc2)cc1. The van der Waals surface area contributed by atoms with Crippen molar-refractivity contribution in [2.24, 2.45) is 0 Å². The van der Waals surface area contributed by atoms with E-state index in [0.717, 1.165) is 55.6 Å². The lowest BCUT2D eigenvalue weighted by atomic mass is 10.1. The minimum Gasteiger partial charge on any atom is -0.311 e. The summed E-state index contributed by atoms with van der Waals surface area (Å²) in [4.78, 5) is 26.7.